The van der Waals surface area contributed by atoms with E-state index in [1.54, 1.807) is 26.5 Å². The highest BCUT2D eigenvalue weighted by molar-refractivity contribution is 5.95. The Morgan fingerprint density at radius 1 is 1.12 bits per heavy atom. The largest absolute Gasteiger partial charge is 0.493 e. The summed E-state index contributed by atoms with van der Waals surface area (Å²) >= 11 is 0. The van der Waals surface area contributed by atoms with E-state index in [9.17, 15) is 4.79 Å². The van der Waals surface area contributed by atoms with Gasteiger partial charge in [0.2, 0.25) is 0 Å². The van der Waals surface area contributed by atoms with E-state index >= 15 is 0 Å². The van der Waals surface area contributed by atoms with E-state index in [0.717, 1.165) is 34.6 Å². The number of fused-ring (bicyclic) bond motifs is 1. The van der Waals surface area contributed by atoms with Crippen molar-refractivity contribution in [3.63, 3.8) is 0 Å². The summed E-state index contributed by atoms with van der Waals surface area (Å²) in [5, 5.41) is 0. The van der Waals surface area contributed by atoms with Crippen molar-refractivity contribution in [1.29, 1.82) is 0 Å². The SMILES string of the molecule is COc1cc2c(cc1OC)CN(C(=O)c1ccnc(C)c1C)CC2. The third kappa shape index (κ3) is 2.82. The highest BCUT2D eigenvalue weighted by Gasteiger charge is 2.24. The van der Waals surface area contributed by atoms with Gasteiger partial charge in [0.05, 0.1) is 14.2 Å². The van der Waals surface area contributed by atoms with Crippen LogP contribution in [0.4, 0.5) is 0 Å². The van der Waals surface area contributed by atoms with E-state index in [2.05, 4.69) is 4.98 Å². The fourth-order valence-corrected chi connectivity index (χ4v) is 3.10. The van der Waals surface area contributed by atoms with Crippen LogP contribution < -0.4 is 9.47 Å². The van der Waals surface area contributed by atoms with Gasteiger partial charge in [0, 0.05) is 30.5 Å². The van der Waals surface area contributed by atoms with Gasteiger partial charge in [-0.15, -0.1) is 0 Å². The van der Waals surface area contributed by atoms with Crippen LogP contribution in [0.1, 0.15) is 32.7 Å². The van der Waals surface area contributed by atoms with Crippen molar-refractivity contribution in [2.75, 3.05) is 20.8 Å². The van der Waals surface area contributed by atoms with Crippen LogP contribution in [0.3, 0.4) is 0 Å². The number of amides is 1. The number of nitrogens with zero attached hydrogens (tertiary/aromatic N) is 2. The highest BCUT2D eigenvalue weighted by Crippen LogP contribution is 2.33. The molecule has 0 bridgehead atoms. The van der Waals surface area contributed by atoms with Gasteiger partial charge in [-0.1, -0.05) is 0 Å². The Hall–Kier alpha value is -2.56. The molecular formula is C19H22N2O3. The lowest BCUT2D eigenvalue weighted by Crippen LogP contribution is -2.36. The molecular weight excluding hydrogens is 304 g/mol. The number of benzene rings is 1. The molecule has 1 aliphatic heterocycles. The first-order valence-corrected chi connectivity index (χ1v) is 8.00. The number of pyridine rings is 1. The van der Waals surface area contributed by atoms with Crippen molar-refractivity contribution in [2.45, 2.75) is 26.8 Å². The van der Waals surface area contributed by atoms with Crippen molar-refractivity contribution in [3.8, 4) is 11.5 Å². The number of hydrogen-bond donors (Lipinski definition) is 0. The fourth-order valence-electron chi connectivity index (χ4n) is 3.10. The molecule has 1 amide bonds. The lowest BCUT2D eigenvalue weighted by atomic mass is 9.97. The molecule has 0 saturated carbocycles. The molecule has 0 spiro atoms. The number of aryl methyl sites for hydroxylation is 1. The molecule has 5 nitrogen and oxygen atoms in total. The smallest absolute Gasteiger partial charge is 0.254 e. The predicted octanol–water partition coefficient (Wildman–Crippen LogP) is 2.91. The number of carbonyl (C=O) groups is 1. The first-order valence-electron chi connectivity index (χ1n) is 8.00. The van der Waals surface area contributed by atoms with Crippen molar-refractivity contribution in [2.24, 2.45) is 0 Å². The summed E-state index contributed by atoms with van der Waals surface area (Å²) < 4.78 is 10.7. The first kappa shape index (κ1) is 16.3. The van der Waals surface area contributed by atoms with Crippen LogP contribution in [0.2, 0.25) is 0 Å². The van der Waals surface area contributed by atoms with Gasteiger partial charge >= 0.3 is 0 Å². The monoisotopic (exact) mass is 326 g/mol. The maximum Gasteiger partial charge on any atom is 0.254 e. The van der Waals surface area contributed by atoms with Crippen LogP contribution in [0.25, 0.3) is 0 Å². The minimum Gasteiger partial charge on any atom is -0.493 e. The van der Waals surface area contributed by atoms with E-state index < -0.39 is 0 Å². The molecule has 1 aliphatic rings. The third-order valence-electron chi connectivity index (χ3n) is 4.69. The van der Waals surface area contributed by atoms with Gasteiger partial charge in [0.15, 0.2) is 11.5 Å². The molecule has 0 unspecified atom stereocenters. The fraction of sp³-hybridized carbons (Fsp3) is 0.368. The number of hydrogen-bond acceptors (Lipinski definition) is 4. The summed E-state index contributed by atoms with van der Waals surface area (Å²) in [7, 11) is 3.26. The normalized spacial score (nSPS) is 13.4. The van der Waals surface area contributed by atoms with Gasteiger partial charge in [-0.3, -0.25) is 9.78 Å². The van der Waals surface area contributed by atoms with E-state index in [-0.39, 0.29) is 5.91 Å². The minimum absolute atomic E-state index is 0.0541. The molecule has 0 fully saturated rings. The van der Waals surface area contributed by atoms with E-state index in [1.807, 2.05) is 30.9 Å². The molecule has 2 aromatic rings. The maximum atomic E-state index is 12.9. The molecule has 0 aliphatic carbocycles. The Morgan fingerprint density at radius 3 is 2.46 bits per heavy atom. The van der Waals surface area contributed by atoms with Crippen LogP contribution in [0, 0.1) is 13.8 Å². The molecule has 0 N–H and O–H groups in total. The molecule has 2 heterocycles. The van der Waals surface area contributed by atoms with Crippen LogP contribution in [0.15, 0.2) is 24.4 Å². The Morgan fingerprint density at radius 2 is 1.79 bits per heavy atom. The van der Waals surface area contributed by atoms with Crippen LogP contribution in [-0.4, -0.2) is 36.6 Å². The van der Waals surface area contributed by atoms with Gasteiger partial charge < -0.3 is 14.4 Å². The Labute approximate surface area is 142 Å². The van der Waals surface area contributed by atoms with Crippen molar-refractivity contribution in [1.82, 2.24) is 9.88 Å². The minimum atomic E-state index is 0.0541. The number of carbonyl (C=O) groups excluding carboxylic acids is 1. The summed E-state index contributed by atoms with van der Waals surface area (Å²) in [6, 6.07) is 5.78. The second-order valence-electron chi connectivity index (χ2n) is 6.02. The second kappa shape index (κ2) is 6.51. The summed E-state index contributed by atoms with van der Waals surface area (Å²) in [5.74, 6) is 1.48. The maximum absolute atomic E-state index is 12.9. The number of aromatic nitrogens is 1. The van der Waals surface area contributed by atoms with Crippen LogP contribution in [0.5, 0.6) is 11.5 Å². The van der Waals surface area contributed by atoms with Gasteiger partial charge in [-0.25, -0.2) is 0 Å². The summed E-state index contributed by atoms with van der Waals surface area (Å²) in [6.45, 7) is 5.15. The molecule has 0 atom stereocenters. The Kier molecular flexibility index (Phi) is 4.42. The molecule has 1 aromatic carbocycles. The van der Waals surface area contributed by atoms with Gasteiger partial charge in [0.1, 0.15) is 0 Å². The average molecular weight is 326 g/mol. The van der Waals surface area contributed by atoms with Gasteiger partial charge in [-0.2, -0.15) is 0 Å². The molecule has 24 heavy (non-hydrogen) atoms. The third-order valence-corrected chi connectivity index (χ3v) is 4.69. The number of ether oxygens (including phenoxy) is 2. The van der Waals surface area contributed by atoms with Gasteiger partial charge in [0.25, 0.3) is 5.91 Å². The first-order chi connectivity index (χ1) is 11.5. The molecule has 3 rings (SSSR count). The predicted molar refractivity (Wildman–Crippen MR) is 91.7 cm³/mol. The zero-order valence-electron chi connectivity index (χ0n) is 14.5. The zero-order chi connectivity index (χ0) is 17.3. The van der Waals surface area contributed by atoms with Crippen molar-refractivity contribution >= 4 is 5.91 Å². The Balaban J connectivity index is 1.89. The topological polar surface area (TPSA) is 51.7 Å². The van der Waals surface area contributed by atoms with Crippen LogP contribution >= 0.6 is 0 Å². The lowest BCUT2D eigenvalue weighted by molar-refractivity contribution is 0.0733. The van der Waals surface area contributed by atoms with E-state index in [1.165, 1.54) is 5.56 Å². The summed E-state index contributed by atoms with van der Waals surface area (Å²) in [5.41, 5.74) is 4.88. The number of rotatable bonds is 3. The highest BCUT2D eigenvalue weighted by atomic mass is 16.5. The van der Waals surface area contributed by atoms with E-state index in [0.29, 0.717) is 18.8 Å². The molecule has 0 radical (unpaired) electrons. The standard InChI is InChI=1S/C19H22N2O3/c1-12-13(2)20-7-5-16(12)19(22)21-8-6-14-9-17(23-3)18(24-4)10-15(14)11-21/h5,7,9-10H,6,8,11H2,1-4H3. The quantitative estimate of drug-likeness (QED) is 0.870. The zero-order valence-corrected chi connectivity index (χ0v) is 14.5. The van der Waals surface area contributed by atoms with Gasteiger partial charge in [-0.05, 0) is 55.2 Å². The number of methoxy groups -OCH3 is 2. The lowest BCUT2D eigenvalue weighted by Gasteiger charge is -2.30. The molecule has 126 valence electrons. The molecule has 0 saturated heterocycles. The summed E-state index contributed by atoms with van der Waals surface area (Å²) in [4.78, 5) is 19.0. The second-order valence-corrected chi connectivity index (χ2v) is 6.02. The molecule has 5 heteroatoms. The summed E-state index contributed by atoms with van der Waals surface area (Å²) in [6.07, 6.45) is 2.51. The van der Waals surface area contributed by atoms with Crippen molar-refractivity contribution < 1.29 is 14.3 Å². The average Bonchev–Trinajstić information content (AvgIpc) is 2.61. The van der Waals surface area contributed by atoms with Crippen LogP contribution in [-0.2, 0) is 13.0 Å². The van der Waals surface area contributed by atoms with E-state index in [4.69, 9.17) is 9.47 Å². The Bertz CT molecular complexity index is 786. The van der Waals surface area contributed by atoms with Crippen molar-refractivity contribution in [3.05, 3.63) is 52.3 Å². The molecule has 1 aromatic heterocycles.